The first-order valence-electron chi connectivity index (χ1n) is 9.10. The Bertz CT molecular complexity index is 628. The smallest absolute Gasteiger partial charge is 0.0367 e. The van der Waals surface area contributed by atoms with Gasteiger partial charge in [0.1, 0.15) is 0 Å². The molecule has 2 aromatic carbocycles. The van der Waals surface area contributed by atoms with Gasteiger partial charge in [-0.3, -0.25) is 0 Å². The lowest BCUT2D eigenvalue weighted by molar-refractivity contribution is 0.313. The third-order valence-corrected chi connectivity index (χ3v) is 4.95. The maximum atomic E-state index is 2.44. The predicted octanol–water partition coefficient (Wildman–Crippen LogP) is 4.88. The second kappa shape index (κ2) is 12.2. The van der Waals surface area contributed by atoms with Crippen molar-refractivity contribution in [3.63, 3.8) is 0 Å². The molecule has 26 heavy (non-hydrogen) atoms. The Kier molecular flexibility index (Phi) is 10.2. The zero-order valence-electron chi connectivity index (χ0n) is 15.7. The maximum Gasteiger partial charge on any atom is 0.0367 e. The molecular weight excluding hydrogens is 548 g/mol. The molecule has 142 valence electrons. The van der Waals surface area contributed by atoms with Gasteiger partial charge in [0.05, 0.1) is 0 Å². The largest absolute Gasteiger partial charge is 0.369 e. The quantitative estimate of drug-likeness (QED) is 0.448. The van der Waals surface area contributed by atoms with E-state index in [1.54, 1.807) is 0 Å². The fraction of sp³-hybridized carbons (Fsp3) is 0.429. The third kappa shape index (κ3) is 6.98. The van der Waals surface area contributed by atoms with Crippen LogP contribution in [-0.4, -0.2) is 56.6 Å². The van der Waals surface area contributed by atoms with E-state index < -0.39 is 0 Å². The molecular formula is C21H29I2N3. The average Bonchev–Trinajstić information content (AvgIpc) is 2.71. The Morgan fingerprint density at radius 2 is 1.23 bits per heavy atom. The number of halogens is 2. The number of rotatable bonds is 1. The van der Waals surface area contributed by atoms with Crippen molar-refractivity contribution in [1.82, 2.24) is 9.80 Å². The molecule has 0 saturated carbocycles. The maximum absolute atomic E-state index is 2.44. The van der Waals surface area contributed by atoms with Crippen LogP contribution in [-0.2, 0) is 13.0 Å². The van der Waals surface area contributed by atoms with Crippen LogP contribution in [0.25, 0.3) is 0 Å². The van der Waals surface area contributed by atoms with Crippen LogP contribution in [0.3, 0.4) is 0 Å². The normalized spacial score (nSPS) is 17.3. The topological polar surface area (TPSA) is 9.72 Å². The van der Waals surface area contributed by atoms with E-state index in [9.17, 15) is 0 Å². The number of piperazine rings is 1. The Morgan fingerprint density at radius 1 is 0.654 bits per heavy atom. The number of fused-ring (bicyclic) bond motifs is 1. The van der Waals surface area contributed by atoms with Crippen LogP contribution in [0.5, 0.6) is 0 Å². The van der Waals surface area contributed by atoms with E-state index in [0.29, 0.717) is 0 Å². The molecule has 0 unspecified atom stereocenters. The highest BCUT2D eigenvalue weighted by Gasteiger charge is 2.13. The van der Waals surface area contributed by atoms with Crippen LogP contribution >= 0.6 is 37.2 Å². The summed E-state index contributed by atoms with van der Waals surface area (Å²) in [5.74, 6) is 0. The zero-order valence-corrected chi connectivity index (χ0v) is 20.1. The summed E-state index contributed by atoms with van der Waals surface area (Å²) in [5.41, 5.74) is 4.39. The van der Waals surface area contributed by atoms with Crippen molar-refractivity contribution < 1.29 is 0 Å². The summed E-state index contributed by atoms with van der Waals surface area (Å²) in [6, 6.07) is 19.4. The SMILES string of the molecule is CN1CCN(c2ccccc2)CC1.CN1CCc2ccccc2C1.II. The molecule has 0 aliphatic carbocycles. The standard InChI is InChI=1S/C11H16N2.C10H13N.I2/c1-12-7-9-13(10-8-12)11-5-3-2-4-6-11;1-11-7-6-9-4-2-3-5-10(9)8-11;1-2/h2-6H,7-10H2,1H3;2-5H,6-8H2,1H3;. The predicted molar refractivity (Wildman–Crippen MR) is 131 cm³/mol. The van der Waals surface area contributed by atoms with Crippen molar-refractivity contribution in [2.24, 2.45) is 0 Å². The van der Waals surface area contributed by atoms with Crippen molar-refractivity contribution in [2.45, 2.75) is 13.0 Å². The van der Waals surface area contributed by atoms with Crippen LogP contribution < -0.4 is 4.90 Å². The second-order valence-corrected chi connectivity index (χ2v) is 6.88. The monoisotopic (exact) mass is 577 g/mol. The molecule has 0 amide bonds. The molecule has 2 aromatic rings. The van der Waals surface area contributed by atoms with Gasteiger partial charge in [-0.25, -0.2) is 0 Å². The molecule has 0 bridgehead atoms. The van der Waals surface area contributed by atoms with Crippen LogP contribution in [0, 0.1) is 0 Å². The Labute approximate surface area is 182 Å². The molecule has 2 aliphatic heterocycles. The highest BCUT2D eigenvalue weighted by molar-refractivity contribution is 15.0. The van der Waals surface area contributed by atoms with Gasteiger partial charge in [-0.05, 0) is 43.8 Å². The van der Waals surface area contributed by atoms with Gasteiger partial charge in [0, 0.05) is 82.2 Å². The summed E-state index contributed by atoms with van der Waals surface area (Å²) in [4.78, 5) is 7.18. The lowest BCUT2D eigenvalue weighted by atomic mass is 10.0. The van der Waals surface area contributed by atoms with Gasteiger partial charge in [-0.15, -0.1) is 0 Å². The van der Waals surface area contributed by atoms with Gasteiger partial charge < -0.3 is 14.7 Å². The minimum absolute atomic E-state index is 1.12. The Hall–Kier alpha value is -0.380. The molecule has 1 saturated heterocycles. The molecule has 4 rings (SSSR count). The number of para-hydroxylation sites is 1. The lowest BCUT2D eigenvalue weighted by Gasteiger charge is -2.33. The summed E-state index contributed by atoms with van der Waals surface area (Å²) >= 11 is 4.24. The van der Waals surface area contributed by atoms with Crippen LogP contribution in [0.1, 0.15) is 11.1 Å². The number of hydrogen-bond donors (Lipinski definition) is 0. The van der Waals surface area contributed by atoms with E-state index in [1.807, 2.05) is 0 Å². The third-order valence-electron chi connectivity index (χ3n) is 4.95. The number of hydrogen-bond acceptors (Lipinski definition) is 3. The number of benzene rings is 2. The zero-order chi connectivity index (χ0) is 18.8. The van der Waals surface area contributed by atoms with Crippen LogP contribution in [0.2, 0.25) is 0 Å². The first-order chi connectivity index (χ1) is 12.7. The van der Waals surface area contributed by atoms with Gasteiger partial charge in [0.25, 0.3) is 0 Å². The number of nitrogens with zero attached hydrogens (tertiary/aromatic N) is 3. The first-order valence-corrected chi connectivity index (χ1v) is 15.4. The van der Waals surface area contributed by atoms with Gasteiger partial charge >= 0.3 is 0 Å². The molecule has 0 spiro atoms. The van der Waals surface area contributed by atoms with E-state index in [0.717, 1.165) is 19.6 Å². The minimum Gasteiger partial charge on any atom is -0.369 e. The summed E-state index contributed by atoms with van der Waals surface area (Å²) in [6.45, 7) is 6.98. The van der Waals surface area contributed by atoms with E-state index in [1.165, 1.54) is 42.9 Å². The van der Waals surface area contributed by atoms with Crippen molar-refractivity contribution in [3.05, 3.63) is 65.7 Å². The fourth-order valence-electron chi connectivity index (χ4n) is 3.34. The van der Waals surface area contributed by atoms with Crippen LogP contribution in [0.15, 0.2) is 54.6 Å². The van der Waals surface area contributed by atoms with E-state index in [2.05, 4.69) is 121 Å². The molecule has 0 atom stereocenters. The molecule has 2 heterocycles. The highest BCUT2D eigenvalue weighted by Crippen LogP contribution is 2.16. The Morgan fingerprint density at radius 3 is 1.88 bits per heavy atom. The molecule has 1 fully saturated rings. The highest BCUT2D eigenvalue weighted by atomic mass is 128. The first kappa shape index (κ1) is 21.9. The van der Waals surface area contributed by atoms with Crippen molar-refractivity contribution in [2.75, 3.05) is 51.7 Å². The van der Waals surface area contributed by atoms with Crippen molar-refractivity contribution in [1.29, 1.82) is 0 Å². The average molecular weight is 577 g/mol. The summed E-state index contributed by atoms with van der Waals surface area (Å²) < 4.78 is 0. The van der Waals surface area contributed by atoms with Crippen molar-refractivity contribution in [3.8, 4) is 0 Å². The van der Waals surface area contributed by atoms with E-state index >= 15 is 0 Å². The van der Waals surface area contributed by atoms with E-state index in [4.69, 9.17) is 0 Å². The molecule has 5 heteroatoms. The van der Waals surface area contributed by atoms with Gasteiger partial charge in [0.15, 0.2) is 0 Å². The molecule has 0 radical (unpaired) electrons. The summed E-state index contributed by atoms with van der Waals surface area (Å²) in [5, 5.41) is 0. The molecule has 0 N–H and O–H groups in total. The van der Waals surface area contributed by atoms with E-state index in [-0.39, 0.29) is 0 Å². The fourth-order valence-corrected chi connectivity index (χ4v) is 3.34. The number of anilines is 1. The molecule has 0 aromatic heterocycles. The Balaban J connectivity index is 0.000000173. The minimum atomic E-state index is 1.12. The van der Waals surface area contributed by atoms with Crippen LogP contribution in [0.4, 0.5) is 5.69 Å². The van der Waals surface area contributed by atoms with Crippen molar-refractivity contribution >= 4 is 42.9 Å². The summed E-state index contributed by atoms with van der Waals surface area (Å²) in [6.07, 6.45) is 1.21. The van der Waals surface area contributed by atoms with Gasteiger partial charge in [-0.2, -0.15) is 0 Å². The van der Waals surface area contributed by atoms with Gasteiger partial charge in [-0.1, -0.05) is 42.5 Å². The second-order valence-electron chi connectivity index (χ2n) is 6.88. The number of likely N-dealkylation sites (N-methyl/N-ethyl adjacent to an activating group) is 2. The van der Waals surface area contributed by atoms with Gasteiger partial charge in [0.2, 0.25) is 0 Å². The molecule has 3 nitrogen and oxygen atoms in total. The summed E-state index contributed by atoms with van der Waals surface area (Å²) in [7, 11) is 4.36. The lowest BCUT2D eigenvalue weighted by Crippen LogP contribution is -2.44. The molecule has 2 aliphatic rings.